The number of hydrogen-bond acceptors (Lipinski definition) is 6. The lowest BCUT2D eigenvalue weighted by molar-refractivity contribution is -0.122. The van der Waals surface area contributed by atoms with Crippen LogP contribution in [0.1, 0.15) is 20.8 Å². The maximum atomic E-state index is 13.0. The predicted octanol–water partition coefficient (Wildman–Crippen LogP) is 4.07. The molecule has 28 heavy (non-hydrogen) atoms. The van der Waals surface area contributed by atoms with Crippen LogP contribution in [0, 0.1) is 5.82 Å². The fourth-order valence-corrected chi connectivity index (χ4v) is 2.41. The van der Waals surface area contributed by atoms with E-state index in [2.05, 4.69) is 15.6 Å². The molecule has 2 aromatic carbocycles. The Kier molecular flexibility index (Phi) is 5.88. The fourth-order valence-electron chi connectivity index (χ4n) is 2.41. The molecule has 3 rings (SSSR count). The lowest BCUT2D eigenvalue weighted by atomic mass is 10.1. The zero-order valence-electron chi connectivity index (χ0n) is 15.7. The molecule has 0 aliphatic heterocycles. The number of carbonyl (C=O) groups is 1. The molecule has 1 heterocycles. The van der Waals surface area contributed by atoms with E-state index >= 15 is 0 Å². The molecular weight excluding hydrogens is 365 g/mol. The standard InChI is InChI=1S/C20H20FN3O4/c1-12(2)26-16-8-4-14(5-9-16)18-19(24-28-23-18)22-20(25)13(3)27-17-10-6-15(21)7-11-17/h4-13H,1-3H3,(H,22,24,25)/t13-/m0/s1. The van der Waals surface area contributed by atoms with E-state index in [1.807, 2.05) is 13.8 Å². The van der Waals surface area contributed by atoms with Crippen LogP contribution in [-0.2, 0) is 4.79 Å². The summed E-state index contributed by atoms with van der Waals surface area (Å²) in [4.78, 5) is 12.4. The van der Waals surface area contributed by atoms with Gasteiger partial charge < -0.3 is 14.8 Å². The summed E-state index contributed by atoms with van der Waals surface area (Å²) in [5.74, 6) is 0.455. The van der Waals surface area contributed by atoms with E-state index < -0.39 is 12.0 Å². The minimum Gasteiger partial charge on any atom is -0.491 e. The Bertz CT molecular complexity index is 923. The number of halogens is 1. The molecule has 1 N–H and O–H groups in total. The summed E-state index contributed by atoms with van der Waals surface area (Å²) in [7, 11) is 0. The van der Waals surface area contributed by atoms with Gasteiger partial charge in [-0.15, -0.1) is 0 Å². The summed E-state index contributed by atoms with van der Waals surface area (Å²) in [6.45, 7) is 5.46. The normalized spacial score (nSPS) is 11.9. The van der Waals surface area contributed by atoms with E-state index in [9.17, 15) is 9.18 Å². The predicted molar refractivity (Wildman–Crippen MR) is 101 cm³/mol. The highest BCUT2D eigenvalue weighted by atomic mass is 19.1. The lowest BCUT2D eigenvalue weighted by Gasteiger charge is -2.14. The number of hydrogen-bond donors (Lipinski definition) is 1. The number of rotatable bonds is 7. The van der Waals surface area contributed by atoms with Gasteiger partial charge in [0.25, 0.3) is 5.91 Å². The molecule has 0 fully saturated rings. The molecule has 0 saturated heterocycles. The number of ether oxygens (including phenoxy) is 2. The van der Waals surface area contributed by atoms with E-state index in [1.54, 1.807) is 31.2 Å². The van der Waals surface area contributed by atoms with Crippen molar-refractivity contribution < 1.29 is 23.3 Å². The fraction of sp³-hybridized carbons (Fsp3) is 0.250. The topological polar surface area (TPSA) is 86.5 Å². The highest BCUT2D eigenvalue weighted by Gasteiger charge is 2.20. The first-order chi connectivity index (χ1) is 13.4. The molecule has 0 bridgehead atoms. The third kappa shape index (κ3) is 4.85. The van der Waals surface area contributed by atoms with Crippen LogP contribution >= 0.6 is 0 Å². The Balaban J connectivity index is 1.67. The Labute approximate surface area is 161 Å². The molecule has 0 saturated carbocycles. The molecule has 1 atom stereocenters. The molecule has 0 radical (unpaired) electrons. The summed E-state index contributed by atoms with van der Waals surface area (Å²) in [5.41, 5.74) is 1.10. The molecule has 0 aliphatic carbocycles. The summed E-state index contributed by atoms with van der Waals surface area (Å²) >= 11 is 0. The molecule has 8 heteroatoms. The Hall–Kier alpha value is -3.42. The number of nitrogens with zero attached hydrogens (tertiary/aromatic N) is 2. The highest BCUT2D eigenvalue weighted by Crippen LogP contribution is 2.27. The average Bonchev–Trinajstić information content (AvgIpc) is 3.12. The van der Waals surface area contributed by atoms with Gasteiger partial charge in [0, 0.05) is 5.56 Å². The van der Waals surface area contributed by atoms with Crippen LogP contribution in [0.5, 0.6) is 11.5 Å². The third-order valence-electron chi connectivity index (χ3n) is 3.73. The van der Waals surface area contributed by atoms with Crippen LogP contribution in [-0.4, -0.2) is 28.4 Å². The first kappa shape index (κ1) is 19.3. The van der Waals surface area contributed by atoms with Crippen LogP contribution in [0.2, 0.25) is 0 Å². The molecular formula is C20H20FN3O4. The van der Waals surface area contributed by atoms with Crippen molar-refractivity contribution in [1.29, 1.82) is 0 Å². The van der Waals surface area contributed by atoms with Crippen molar-refractivity contribution in [2.45, 2.75) is 33.0 Å². The number of carbonyl (C=O) groups excluding carboxylic acids is 1. The van der Waals surface area contributed by atoms with Gasteiger partial charge in [0.05, 0.1) is 6.10 Å². The van der Waals surface area contributed by atoms with E-state index in [-0.39, 0.29) is 17.7 Å². The molecule has 3 aromatic rings. The first-order valence-corrected chi connectivity index (χ1v) is 8.75. The SMILES string of the molecule is CC(C)Oc1ccc(-c2nonc2NC(=O)[C@H](C)Oc2ccc(F)cc2)cc1. The van der Waals surface area contributed by atoms with Crippen molar-refractivity contribution in [3.8, 4) is 22.8 Å². The van der Waals surface area contributed by atoms with Crippen LogP contribution < -0.4 is 14.8 Å². The molecule has 0 aliphatic rings. The molecule has 0 spiro atoms. The summed E-state index contributed by atoms with van der Waals surface area (Å²) in [6.07, 6.45) is -0.770. The van der Waals surface area contributed by atoms with Crippen LogP contribution in [0.15, 0.2) is 53.2 Å². The highest BCUT2D eigenvalue weighted by molar-refractivity contribution is 5.95. The summed E-state index contributed by atoms with van der Waals surface area (Å²) in [6, 6.07) is 12.6. The molecule has 146 valence electrons. The van der Waals surface area contributed by atoms with Crippen LogP contribution in [0.25, 0.3) is 11.3 Å². The van der Waals surface area contributed by atoms with Gasteiger partial charge in [0.2, 0.25) is 5.82 Å². The number of aromatic nitrogens is 2. The zero-order chi connectivity index (χ0) is 20.1. The van der Waals surface area contributed by atoms with Gasteiger partial charge in [-0.2, -0.15) is 0 Å². The van der Waals surface area contributed by atoms with Gasteiger partial charge in [-0.3, -0.25) is 4.79 Å². The second-order valence-corrected chi connectivity index (χ2v) is 6.36. The van der Waals surface area contributed by atoms with Crippen molar-refractivity contribution in [2.24, 2.45) is 0 Å². The summed E-state index contributed by atoms with van der Waals surface area (Å²) in [5, 5.41) is 10.2. The number of amides is 1. The third-order valence-corrected chi connectivity index (χ3v) is 3.73. The second kappa shape index (κ2) is 8.51. The lowest BCUT2D eigenvalue weighted by Crippen LogP contribution is -2.30. The van der Waals surface area contributed by atoms with Crippen molar-refractivity contribution in [3.63, 3.8) is 0 Å². The van der Waals surface area contributed by atoms with Crippen molar-refractivity contribution in [3.05, 3.63) is 54.3 Å². The van der Waals surface area contributed by atoms with E-state index in [0.29, 0.717) is 17.0 Å². The van der Waals surface area contributed by atoms with Gasteiger partial charge in [0.15, 0.2) is 11.8 Å². The molecule has 0 unspecified atom stereocenters. The maximum absolute atomic E-state index is 13.0. The summed E-state index contributed by atoms with van der Waals surface area (Å²) < 4.78 is 28.8. The maximum Gasteiger partial charge on any atom is 0.266 e. The zero-order valence-corrected chi connectivity index (χ0v) is 15.7. The molecule has 7 nitrogen and oxygen atoms in total. The molecule has 1 aromatic heterocycles. The van der Waals surface area contributed by atoms with Crippen molar-refractivity contribution in [1.82, 2.24) is 10.3 Å². The minimum atomic E-state index is -0.836. The Morgan fingerprint density at radius 3 is 2.21 bits per heavy atom. The monoisotopic (exact) mass is 385 g/mol. The largest absolute Gasteiger partial charge is 0.491 e. The Morgan fingerprint density at radius 1 is 0.964 bits per heavy atom. The van der Waals surface area contributed by atoms with Crippen molar-refractivity contribution in [2.75, 3.05) is 5.32 Å². The van der Waals surface area contributed by atoms with E-state index in [0.717, 1.165) is 5.75 Å². The van der Waals surface area contributed by atoms with Gasteiger partial charge in [-0.05, 0) is 79.6 Å². The quantitative estimate of drug-likeness (QED) is 0.660. The van der Waals surface area contributed by atoms with Gasteiger partial charge in [0.1, 0.15) is 17.3 Å². The van der Waals surface area contributed by atoms with E-state index in [1.165, 1.54) is 24.3 Å². The Morgan fingerprint density at radius 2 is 1.57 bits per heavy atom. The van der Waals surface area contributed by atoms with Gasteiger partial charge in [-0.25, -0.2) is 9.02 Å². The average molecular weight is 385 g/mol. The minimum absolute atomic E-state index is 0.0667. The van der Waals surface area contributed by atoms with Crippen LogP contribution in [0.4, 0.5) is 10.2 Å². The van der Waals surface area contributed by atoms with Crippen molar-refractivity contribution >= 4 is 11.7 Å². The smallest absolute Gasteiger partial charge is 0.266 e. The van der Waals surface area contributed by atoms with Gasteiger partial charge in [-0.1, -0.05) is 0 Å². The van der Waals surface area contributed by atoms with E-state index in [4.69, 9.17) is 14.1 Å². The van der Waals surface area contributed by atoms with Crippen LogP contribution in [0.3, 0.4) is 0 Å². The molecule has 1 amide bonds. The number of benzene rings is 2. The number of anilines is 1. The van der Waals surface area contributed by atoms with Gasteiger partial charge >= 0.3 is 0 Å². The second-order valence-electron chi connectivity index (χ2n) is 6.36. The first-order valence-electron chi connectivity index (χ1n) is 8.75. The number of nitrogens with one attached hydrogen (secondary N) is 1.